The molecule has 9 rings (SSSR count). The third kappa shape index (κ3) is 6.82. The molecular formula is C52H41N3. The van der Waals surface area contributed by atoms with Gasteiger partial charge in [0.25, 0.3) is 0 Å². The predicted octanol–water partition coefficient (Wildman–Crippen LogP) is 13.2. The van der Waals surface area contributed by atoms with Gasteiger partial charge in [-0.05, 0) is 62.2 Å². The normalized spacial score (nSPS) is 16.9. The van der Waals surface area contributed by atoms with Crippen molar-refractivity contribution in [3.63, 3.8) is 0 Å². The predicted molar refractivity (Wildman–Crippen MR) is 231 cm³/mol. The van der Waals surface area contributed by atoms with Gasteiger partial charge in [0.05, 0.1) is 23.1 Å². The molecule has 0 bridgehead atoms. The van der Waals surface area contributed by atoms with Crippen molar-refractivity contribution in [1.82, 2.24) is 4.98 Å². The van der Waals surface area contributed by atoms with Crippen molar-refractivity contribution in [1.29, 1.82) is 0 Å². The third-order valence-corrected chi connectivity index (χ3v) is 11.1. The lowest BCUT2D eigenvalue weighted by Crippen LogP contribution is -2.23. The van der Waals surface area contributed by atoms with Crippen LogP contribution in [0.5, 0.6) is 0 Å². The standard InChI is InChI=1S/C52H41N3/c1-35-36(2)51(55-52(43-24-13-6-14-25-43)54-50(35)41-22-11-5-12-23-41)42-29-27-40(28-30-42)49-45-26-16-15-17-37(45)31-32-46(49)44-33-47(38-18-7-3-8-19-38)53-48(34-44)39-20-9-4-10-21-39/h3-36,51H,1-2H3. The van der Waals surface area contributed by atoms with Gasteiger partial charge in [0.2, 0.25) is 0 Å². The number of hydrogen-bond donors (Lipinski definition) is 0. The summed E-state index contributed by atoms with van der Waals surface area (Å²) in [5.74, 6) is 1.18. The van der Waals surface area contributed by atoms with Crippen molar-refractivity contribution in [3.05, 3.63) is 211 Å². The van der Waals surface area contributed by atoms with Gasteiger partial charge in [-0.15, -0.1) is 0 Å². The summed E-state index contributed by atoms with van der Waals surface area (Å²) >= 11 is 0. The van der Waals surface area contributed by atoms with Gasteiger partial charge in [-0.25, -0.2) is 9.98 Å². The molecule has 3 unspecified atom stereocenters. The van der Waals surface area contributed by atoms with Crippen molar-refractivity contribution in [3.8, 4) is 44.8 Å². The highest BCUT2D eigenvalue weighted by Gasteiger charge is 2.31. The third-order valence-electron chi connectivity index (χ3n) is 11.1. The highest BCUT2D eigenvalue weighted by atomic mass is 15.0. The molecule has 0 N–H and O–H groups in total. The number of aromatic nitrogens is 1. The summed E-state index contributed by atoms with van der Waals surface area (Å²) < 4.78 is 0. The molecule has 2 heterocycles. The Bertz CT molecular complexity index is 2590. The zero-order valence-corrected chi connectivity index (χ0v) is 31.0. The second-order valence-corrected chi connectivity index (χ2v) is 14.5. The van der Waals surface area contributed by atoms with Gasteiger partial charge in [-0.3, -0.25) is 4.99 Å². The van der Waals surface area contributed by atoms with Crippen LogP contribution in [-0.2, 0) is 0 Å². The summed E-state index contributed by atoms with van der Waals surface area (Å²) in [5.41, 5.74) is 13.2. The Balaban J connectivity index is 1.17. The smallest absolute Gasteiger partial charge is 0.155 e. The SMILES string of the molecule is CC1C(c2ccccc2)=NC(c2ccccc2)=NC(c2ccc(-c3c(-c4cc(-c5ccccc5)nc(-c5ccccc5)c4)ccc4ccccc34)cc2)C1C. The van der Waals surface area contributed by atoms with E-state index < -0.39 is 0 Å². The number of aliphatic imine (C=N–C) groups is 2. The van der Waals surface area contributed by atoms with Gasteiger partial charge in [0.15, 0.2) is 5.84 Å². The molecule has 0 saturated carbocycles. The average Bonchev–Trinajstić information content (AvgIpc) is 3.39. The average molecular weight is 708 g/mol. The lowest BCUT2D eigenvalue weighted by molar-refractivity contribution is 0.406. The molecular weight excluding hydrogens is 667 g/mol. The Labute approximate surface area is 323 Å². The van der Waals surface area contributed by atoms with Gasteiger partial charge in [0.1, 0.15) is 0 Å². The maximum atomic E-state index is 5.44. The largest absolute Gasteiger partial charge is 0.258 e. The van der Waals surface area contributed by atoms with E-state index in [0.29, 0.717) is 0 Å². The summed E-state index contributed by atoms with van der Waals surface area (Å²) in [5, 5.41) is 2.42. The molecule has 1 aliphatic heterocycles. The Morgan fingerprint density at radius 3 is 1.56 bits per heavy atom. The molecule has 0 aliphatic carbocycles. The lowest BCUT2D eigenvalue weighted by atomic mass is 9.80. The number of benzene rings is 7. The van der Waals surface area contributed by atoms with E-state index >= 15 is 0 Å². The molecule has 7 aromatic carbocycles. The molecule has 8 aromatic rings. The van der Waals surface area contributed by atoms with E-state index in [4.69, 9.17) is 15.0 Å². The van der Waals surface area contributed by atoms with Gasteiger partial charge in [-0.2, -0.15) is 0 Å². The zero-order chi connectivity index (χ0) is 37.1. The molecule has 55 heavy (non-hydrogen) atoms. The number of fused-ring (bicyclic) bond motifs is 1. The first-order valence-electron chi connectivity index (χ1n) is 19.1. The van der Waals surface area contributed by atoms with Crippen LogP contribution >= 0.6 is 0 Å². The zero-order valence-electron chi connectivity index (χ0n) is 31.0. The first kappa shape index (κ1) is 34.1. The second-order valence-electron chi connectivity index (χ2n) is 14.5. The highest BCUT2D eigenvalue weighted by molar-refractivity contribution is 6.14. The van der Waals surface area contributed by atoms with Crippen molar-refractivity contribution >= 4 is 22.3 Å². The molecule has 1 aromatic heterocycles. The van der Waals surface area contributed by atoms with Crippen LogP contribution in [0.4, 0.5) is 0 Å². The maximum absolute atomic E-state index is 5.44. The monoisotopic (exact) mass is 707 g/mol. The molecule has 3 heteroatoms. The second kappa shape index (κ2) is 15.0. The summed E-state index contributed by atoms with van der Waals surface area (Å²) in [6.07, 6.45) is 0. The number of nitrogens with zero attached hydrogens (tertiary/aromatic N) is 3. The number of amidine groups is 1. The van der Waals surface area contributed by atoms with Crippen molar-refractivity contribution in [2.45, 2.75) is 19.9 Å². The van der Waals surface area contributed by atoms with Crippen LogP contribution in [0.3, 0.4) is 0 Å². The summed E-state index contributed by atoms with van der Waals surface area (Å²) in [4.78, 5) is 15.9. The van der Waals surface area contributed by atoms with Crippen molar-refractivity contribution in [2.24, 2.45) is 21.8 Å². The highest BCUT2D eigenvalue weighted by Crippen LogP contribution is 2.42. The van der Waals surface area contributed by atoms with E-state index in [1.54, 1.807) is 0 Å². The van der Waals surface area contributed by atoms with Crippen LogP contribution in [0.1, 0.15) is 36.6 Å². The van der Waals surface area contributed by atoms with Crippen LogP contribution in [0, 0.1) is 11.8 Å². The Kier molecular flexibility index (Phi) is 9.27. The topological polar surface area (TPSA) is 37.6 Å². The van der Waals surface area contributed by atoms with Gasteiger partial charge >= 0.3 is 0 Å². The van der Waals surface area contributed by atoms with E-state index in [1.807, 2.05) is 6.07 Å². The van der Waals surface area contributed by atoms with Crippen LogP contribution in [0.15, 0.2) is 204 Å². The molecule has 0 amide bonds. The molecule has 0 fully saturated rings. The minimum Gasteiger partial charge on any atom is -0.258 e. The molecule has 0 radical (unpaired) electrons. The maximum Gasteiger partial charge on any atom is 0.155 e. The molecule has 0 saturated heterocycles. The summed E-state index contributed by atoms with van der Waals surface area (Å²) in [6, 6.07) is 68.7. The Morgan fingerprint density at radius 2 is 0.964 bits per heavy atom. The van der Waals surface area contributed by atoms with E-state index in [1.165, 1.54) is 27.5 Å². The van der Waals surface area contributed by atoms with Gasteiger partial charge in [-0.1, -0.05) is 196 Å². The van der Waals surface area contributed by atoms with Gasteiger partial charge < -0.3 is 0 Å². The summed E-state index contributed by atoms with van der Waals surface area (Å²) in [6.45, 7) is 4.62. The summed E-state index contributed by atoms with van der Waals surface area (Å²) in [7, 11) is 0. The van der Waals surface area contributed by atoms with E-state index in [2.05, 4.69) is 202 Å². The molecule has 3 atom stereocenters. The number of hydrogen-bond acceptors (Lipinski definition) is 3. The quantitative estimate of drug-likeness (QED) is 0.162. The first-order chi connectivity index (χ1) is 27.1. The Hall–Kier alpha value is -6.71. The minimum atomic E-state index is -0.0711. The molecule has 1 aliphatic rings. The van der Waals surface area contributed by atoms with E-state index in [9.17, 15) is 0 Å². The fourth-order valence-electron chi connectivity index (χ4n) is 7.93. The van der Waals surface area contributed by atoms with E-state index in [-0.39, 0.29) is 17.9 Å². The van der Waals surface area contributed by atoms with E-state index in [0.717, 1.165) is 56.3 Å². The lowest BCUT2D eigenvalue weighted by Gasteiger charge is -2.26. The Morgan fingerprint density at radius 1 is 0.436 bits per heavy atom. The number of pyridine rings is 1. The van der Waals surface area contributed by atoms with Crippen LogP contribution < -0.4 is 0 Å². The molecule has 0 spiro atoms. The number of rotatable bonds is 7. The first-order valence-corrected chi connectivity index (χ1v) is 19.1. The fourth-order valence-corrected chi connectivity index (χ4v) is 7.93. The van der Waals surface area contributed by atoms with Crippen LogP contribution in [0.25, 0.3) is 55.5 Å². The van der Waals surface area contributed by atoms with Gasteiger partial charge in [0, 0.05) is 22.6 Å². The fraction of sp³-hybridized carbons (Fsp3) is 0.0962. The molecule has 3 nitrogen and oxygen atoms in total. The molecule has 264 valence electrons. The van der Waals surface area contributed by atoms with Crippen molar-refractivity contribution < 1.29 is 0 Å². The van der Waals surface area contributed by atoms with Crippen molar-refractivity contribution in [2.75, 3.05) is 0 Å². The minimum absolute atomic E-state index is 0.0711. The van der Waals surface area contributed by atoms with Crippen LogP contribution in [0.2, 0.25) is 0 Å². The van der Waals surface area contributed by atoms with Crippen LogP contribution in [-0.4, -0.2) is 16.5 Å².